The zero-order valence-corrected chi connectivity index (χ0v) is 12.7. The molecule has 3 aliphatic rings. The van der Waals surface area contributed by atoms with Crippen LogP contribution >= 0.6 is 0 Å². The summed E-state index contributed by atoms with van der Waals surface area (Å²) in [6.45, 7) is 10.6. The van der Waals surface area contributed by atoms with E-state index >= 15 is 0 Å². The van der Waals surface area contributed by atoms with Gasteiger partial charge in [-0.1, -0.05) is 0 Å². The Morgan fingerprint density at radius 1 is 1.11 bits per heavy atom. The van der Waals surface area contributed by atoms with Crippen molar-refractivity contribution >= 4 is 0 Å². The first-order valence-electron chi connectivity index (χ1n) is 8.00. The van der Waals surface area contributed by atoms with E-state index in [1.54, 1.807) is 0 Å². The number of morpholine rings is 1. The molecule has 110 valence electrons. The van der Waals surface area contributed by atoms with E-state index in [9.17, 15) is 0 Å². The first kappa shape index (κ1) is 13.8. The lowest BCUT2D eigenvalue weighted by Gasteiger charge is -2.37. The summed E-state index contributed by atoms with van der Waals surface area (Å²) in [5, 5.41) is 0. The minimum absolute atomic E-state index is 0.00285. The molecular weight excluding hydrogens is 238 g/mol. The van der Waals surface area contributed by atoms with Gasteiger partial charge in [-0.25, -0.2) is 0 Å². The maximum Gasteiger partial charge on any atom is 0.0622 e. The summed E-state index contributed by atoms with van der Waals surface area (Å²) < 4.78 is 11.8. The molecule has 0 aromatic rings. The molecule has 3 heteroatoms. The van der Waals surface area contributed by atoms with E-state index in [0.717, 1.165) is 31.7 Å². The second-order valence-corrected chi connectivity index (χ2v) is 7.64. The van der Waals surface area contributed by atoms with E-state index in [1.165, 1.54) is 32.2 Å². The van der Waals surface area contributed by atoms with E-state index in [0.29, 0.717) is 12.1 Å². The molecule has 0 aromatic heterocycles. The summed E-state index contributed by atoms with van der Waals surface area (Å²) in [6.07, 6.45) is 5.50. The number of nitrogens with zero attached hydrogens (tertiary/aromatic N) is 1. The van der Waals surface area contributed by atoms with Gasteiger partial charge in [-0.15, -0.1) is 0 Å². The van der Waals surface area contributed by atoms with Crippen LogP contribution in [0.1, 0.15) is 46.5 Å². The normalized spacial score (nSPS) is 33.6. The zero-order chi connectivity index (χ0) is 13.5. The standard InChI is InChI=1S/C16H29NO2/c1-16(2,3)19-9-13(12-4-5-12)8-17-14-6-7-15(17)11-18-10-14/h12-15H,4-11H2,1-3H3. The Kier molecular flexibility index (Phi) is 3.89. The van der Waals surface area contributed by atoms with Gasteiger partial charge in [0.15, 0.2) is 0 Å². The van der Waals surface area contributed by atoms with Crippen LogP contribution in [0.2, 0.25) is 0 Å². The fourth-order valence-corrected chi connectivity index (χ4v) is 3.54. The summed E-state index contributed by atoms with van der Waals surface area (Å²) in [4.78, 5) is 2.73. The third-order valence-electron chi connectivity index (χ3n) is 4.86. The minimum Gasteiger partial charge on any atom is -0.378 e. The second-order valence-electron chi connectivity index (χ2n) is 7.64. The van der Waals surface area contributed by atoms with Crippen LogP contribution in [0.25, 0.3) is 0 Å². The molecule has 0 radical (unpaired) electrons. The van der Waals surface area contributed by atoms with Gasteiger partial charge < -0.3 is 9.47 Å². The van der Waals surface area contributed by atoms with Gasteiger partial charge in [-0.05, 0) is 58.3 Å². The molecule has 3 nitrogen and oxygen atoms in total. The van der Waals surface area contributed by atoms with E-state index in [-0.39, 0.29) is 5.60 Å². The minimum atomic E-state index is -0.00285. The van der Waals surface area contributed by atoms with Crippen molar-refractivity contribution in [3.63, 3.8) is 0 Å². The van der Waals surface area contributed by atoms with Crippen molar-refractivity contribution in [2.24, 2.45) is 11.8 Å². The summed E-state index contributed by atoms with van der Waals surface area (Å²) in [5.74, 6) is 1.66. The summed E-state index contributed by atoms with van der Waals surface area (Å²) in [7, 11) is 0. The van der Waals surface area contributed by atoms with Gasteiger partial charge in [0.25, 0.3) is 0 Å². The Morgan fingerprint density at radius 2 is 1.74 bits per heavy atom. The number of hydrogen-bond acceptors (Lipinski definition) is 3. The van der Waals surface area contributed by atoms with E-state index in [1.807, 2.05) is 0 Å². The largest absolute Gasteiger partial charge is 0.378 e. The highest BCUT2D eigenvalue weighted by Gasteiger charge is 2.41. The van der Waals surface area contributed by atoms with Gasteiger partial charge in [-0.2, -0.15) is 0 Å². The molecule has 2 saturated heterocycles. The molecule has 0 amide bonds. The predicted molar refractivity (Wildman–Crippen MR) is 76.3 cm³/mol. The first-order valence-corrected chi connectivity index (χ1v) is 8.00. The summed E-state index contributed by atoms with van der Waals surface area (Å²) >= 11 is 0. The lowest BCUT2D eigenvalue weighted by atomic mass is 10.0. The fraction of sp³-hybridized carbons (Fsp3) is 1.00. The van der Waals surface area contributed by atoms with Crippen LogP contribution < -0.4 is 0 Å². The third-order valence-corrected chi connectivity index (χ3v) is 4.86. The SMILES string of the molecule is CC(C)(C)OCC(CN1C2CCC1COC2)C1CC1. The molecule has 3 rings (SSSR count). The molecule has 0 N–H and O–H groups in total. The van der Waals surface area contributed by atoms with Gasteiger partial charge in [-0.3, -0.25) is 4.90 Å². The molecule has 2 aliphatic heterocycles. The lowest BCUT2D eigenvalue weighted by Crippen LogP contribution is -2.48. The average molecular weight is 267 g/mol. The quantitative estimate of drug-likeness (QED) is 0.764. The monoisotopic (exact) mass is 267 g/mol. The van der Waals surface area contributed by atoms with Crippen molar-refractivity contribution in [2.45, 2.75) is 64.1 Å². The van der Waals surface area contributed by atoms with Crippen molar-refractivity contribution < 1.29 is 9.47 Å². The van der Waals surface area contributed by atoms with E-state index in [4.69, 9.17) is 9.47 Å². The van der Waals surface area contributed by atoms with E-state index in [2.05, 4.69) is 25.7 Å². The molecule has 0 spiro atoms. The van der Waals surface area contributed by atoms with Crippen LogP contribution in [0.5, 0.6) is 0 Å². The number of rotatable bonds is 5. The average Bonchev–Trinajstić information content (AvgIpc) is 3.13. The molecule has 19 heavy (non-hydrogen) atoms. The van der Waals surface area contributed by atoms with Gasteiger partial charge in [0.05, 0.1) is 25.4 Å². The Morgan fingerprint density at radius 3 is 2.26 bits per heavy atom. The van der Waals surface area contributed by atoms with Crippen LogP contribution in [-0.2, 0) is 9.47 Å². The molecule has 3 fully saturated rings. The summed E-state index contributed by atoms with van der Waals surface area (Å²) in [6, 6.07) is 1.38. The predicted octanol–water partition coefficient (Wildman–Crippen LogP) is 2.69. The number of hydrogen-bond donors (Lipinski definition) is 0. The highest BCUT2D eigenvalue weighted by Crippen LogP contribution is 2.40. The van der Waals surface area contributed by atoms with Crippen LogP contribution in [0.15, 0.2) is 0 Å². The molecule has 0 aromatic carbocycles. The molecule has 3 unspecified atom stereocenters. The maximum atomic E-state index is 6.07. The van der Waals surface area contributed by atoms with Crippen molar-refractivity contribution in [3.8, 4) is 0 Å². The van der Waals surface area contributed by atoms with Crippen molar-refractivity contribution in [3.05, 3.63) is 0 Å². The molecule has 1 aliphatic carbocycles. The van der Waals surface area contributed by atoms with Gasteiger partial charge in [0.2, 0.25) is 0 Å². The third kappa shape index (κ3) is 3.50. The number of fused-ring (bicyclic) bond motifs is 2. The number of ether oxygens (including phenoxy) is 2. The smallest absolute Gasteiger partial charge is 0.0622 e. The molecule has 3 atom stereocenters. The highest BCUT2D eigenvalue weighted by atomic mass is 16.5. The van der Waals surface area contributed by atoms with Crippen molar-refractivity contribution in [1.29, 1.82) is 0 Å². The fourth-order valence-electron chi connectivity index (χ4n) is 3.54. The zero-order valence-electron chi connectivity index (χ0n) is 12.7. The summed E-state index contributed by atoms with van der Waals surface area (Å²) in [5.41, 5.74) is -0.00285. The Labute approximate surface area is 117 Å². The van der Waals surface area contributed by atoms with Crippen LogP contribution in [0.3, 0.4) is 0 Å². The van der Waals surface area contributed by atoms with Crippen LogP contribution in [0.4, 0.5) is 0 Å². The maximum absolute atomic E-state index is 6.07. The van der Waals surface area contributed by atoms with Crippen LogP contribution in [-0.4, -0.2) is 49.0 Å². The van der Waals surface area contributed by atoms with Crippen molar-refractivity contribution in [1.82, 2.24) is 4.90 Å². The first-order chi connectivity index (χ1) is 9.03. The topological polar surface area (TPSA) is 21.7 Å². The Balaban J connectivity index is 1.56. The van der Waals surface area contributed by atoms with Gasteiger partial charge >= 0.3 is 0 Å². The Hall–Kier alpha value is -0.120. The molecule has 2 heterocycles. The Bertz CT molecular complexity index is 292. The molecule has 1 saturated carbocycles. The second kappa shape index (κ2) is 5.34. The van der Waals surface area contributed by atoms with E-state index < -0.39 is 0 Å². The molecular formula is C16H29NO2. The van der Waals surface area contributed by atoms with Gasteiger partial charge in [0.1, 0.15) is 0 Å². The van der Waals surface area contributed by atoms with Crippen molar-refractivity contribution in [2.75, 3.05) is 26.4 Å². The molecule has 2 bridgehead atoms. The van der Waals surface area contributed by atoms with Gasteiger partial charge in [0, 0.05) is 18.6 Å². The van der Waals surface area contributed by atoms with Crippen LogP contribution in [0, 0.1) is 11.8 Å². The highest BCUT2D eigenvalue weighted by molar-refractivity contribution is 4.94. The lowest BCUT2D eigenvalue weighted by molar-refractivity contribution is -0.0549.